The van der Waals surface area contributed by atoms with Crippen LogP contribution in [0.1, 0.15) is 31.0 Å². The number of rotatable bonds is 7. The first-order chi connectivity index (χ1) is 19.0. The maximum absolute atomic E-state index is 14.9. The smallest absolute Gasteiger partial charge is 0.319 e. The van der Waals surface area contributed by atoms with E-state index in [0.29, 0.717) is 34.5 Å². The van der Waals surface area contributed by atoms with Gasteiger partial charge >= 0.3 is 6.03 Å². The van der Waals surface area contributed by atoms with E-state index in [2.05, 4.69) is 20.6 Å². The summed E-state index contributed by atoms with van der Waals surface area (Å²) in [5.41, 5.74) is 1.32. The van der Waals surface area contributed by atoms with Crippen molar-refractivity contribution in [2.45, 2.75) is 44.9 Å². The van der Waals surface area contributed by atoms with E-state index in [1.165, 1.54) is 13.0 Å². The van der Waals surface area contributed by atoms with Crippen LogP contribution in [0.2, 0.25) is 0 Å². The summed E-state index contributed by atoms with van der Waals surface area (Å²) in [7, 11) is 3.56. The van der Waals surface area contributed by atoms with E-state index in [4.69, 9.17) is 4.74 Å². The Labute approximate surface area is 230 Å². The summed E-state index contributed by atoms with van der Waals surface area (Å²) < 4.78 is 48.4. The molecule has 4 aromatic rings. The molecule has 0 saturated heterocycles. The van der Waals surface area contributed by atoms with E-state index < -0.39 is 23.3 Å². The molecule has 2 heterocycles. The largest absolute Gasteiger partial charge is 0.497 e. The number of ether oxygens (including phenoxy) is 1. The highest BCUT2D eigenvalue weighted by molar-refractivity contribution is 5.91. The van der Waals surface area contributed by atoms with E-state index in [-0.39, 0.29) is 30.1 Å². The third kappa shape index (κ3) is 5.80. The first-order valence-corrected chi connectivity index (χ1v) is 12.9. The Hall–Kier alpha value is -4.34. The van der Waals surface area contributed by atoms with Crippen molar-refractivity contribution in [3.8, 4) is 16.9 Å². The molecule has 1 aliphatic rings. The molecule has 40 heavy (non-hydrogen) atoms. The Kier molecular flexibility index (Phi) is 7.27. The number of benzene rings is 2. The van der Waals surface area contributed by atoms with Gasteiger partial charge in [-0.15, -0.1) is 0 Å². The number of aryl methyl sites for hydroxylation is 1. The molecule has 1 saturated carbocycles. The Bertz CT molecular complexity index is 1570. The van der Waals surface area contributed by atoms with Crippen LogP contribution in [0.5, 0.6) is 5.75 Å². The number of halogens is 3. The number of hydrogen-bond donors (Lipinski definition) is 2. The second-order valence-corrected chi connectivity index (χ2v) is 10.5. The quantitative estimate of drug-likeness (QED) is 0.274. The standard InChI is InChI=1S/C30H30F3N5O2/c1-17-22(23-10-27(25(32)11-24(23)31)37-29(39)36-20-13-30(2,33)14-20)9-19-15-34-28(12-26(19)35-17)38(3)16-18-5-7-21(40-4)8-6-18/h5-12,15,20H,13-14,16H2,1-4H3,(H2,36,37,39). The molecule has 0 aliphatic heterocycles. The minimum atomic E-state index is -1.31. The molecule has 2 amide bonds. The van der Waals surface area contributed by atoms with Gasteiger partial charge in [0.2, 0.25) is 0 Å². The lowest BCUT2D eigenvalue weighted by Crippen LogP contribution is -2.52. The molecule has 1 fully saturated rings. The average Bonchev–Trinajstić information content (AvgIpc) is 2.89. The van der Waals surface area contributed by atoms with Gasteiger partial charge in [-0.25, -0.2) is 22.9 Å². The zero-order valence-corrected chi connectivity index (χ0v) is 22.7. The van der Waals surface area contributed by atoms with E-state index in [0.717, 1.165) is 17.4 Å². The Morgan fingerprint density at radius 1 is 1.10 bits per heavy atom. The van der Waals surface area contributed by atoms with Crippen LogP contribution in [0.3, 0.4) is 0 Å². The summed E-state index contributed by atoms with van der Waals surface area (Å²) in [6.07, 6.45) is 2.04. The van der Waals surface area contributed by atoms with Crippen molar-refractivity contribution in [1.82, 2.24) is 15.3 Å². The van der Waals surface area contributed by atoms with Gasteiger partial charge in [0.1, 0.15) is 28.9 Å². The molecule has 0 unspecified atom stereocenters. The van der Waals surface area contributed by atoms with Gasteiger partial charge in [0.15, 0.2) is 0 Å². The van der Waals surface area contributed by atoms with Crippen molar-refractivity contribution in [2.75, 3.05) is 24.4 Å². The van der Waals surface area contributed by atoms with Crippen molar-refractivity contribution in [1.29, 1.82) is 0 Å². The third-order valence-electron chi connectivity index (χ3n) is 7.12. The highest BCUT2D eigenvalue weighted by Crippen LogP contribution is 2.36. The van der Waals surface area contributed by atoms with E-state index in [9.17, 15) is 18.0 Å². The Morgan fingerprint density at radius 3 is 2.50 bits per heavy atom. The number of urea groups is 1. The summed E-state index contributed by atoms with van der Waals surface area (Å²) >= 11 is 0. The lowest BCUT2D eigenvalue weighted by Gasteiger charge is -2.38. The predicted molar refractivity (Wildman–Crippen MR) is 149 cm³/mol. The highest BCUT2D eigenvalue weighted by Gasteiger charge is 2.41. The number of hydrogen-bond acceptors (Lipinski definition) is 5. The molecule has 0 spiro atoms. The Morgan fingerprint density at radius 2 is 1.82 bits per heavy atom. The van der Waals surface area contributed by atoms with E-state index in [1.54, 1.807) is 26.3 Å². The van der Waals surface area contributed by atoms with Gasteiger partial charge in [0.05, 0.1) is 18.3 Å². The van der Waals surface area contributed by atoms with Gasteiger partial charge in [-0.05, 0) is 43.7 Å². The topological polar surface area (TPSA) is 79.4 Å². The van der Waals surface area contributed by atoms with Gasteiger partial charge in [0.25, 0.3) is 0 Å². The van der Waals surface area contributed by atoms with Crippen molar-refractivity contribution >= 4 is 28.4 Å². The zero-order chi connectivity index (χ0) is 28.6. The molecule has 7 nitrogen and oxygen atoms in total. The fraction of sp³-hybridized carbons (Fsp3) is 0.300. The van der Waals surface area contributed by atoms with Crippen LogP contribution in [-0.2, 0) is 6.54 Å². The number of fused-ring (bicyclic) bond motifs is 1. The SMILES string of the molecule is COc1ccc(CN(C)c2cc3nc(C)c(-c4cc(NC(=O)NC5CC(C)(F)C5)c(F)cc4F)cc3cn2)cc1. The lowest BCUT2D eigenvalue weighted by atomic mass is 9.79. The molecule has 2 N–H and O–H groups in total. The van der Waals surface area contributed by atoms with Crippen LogP contribution in [-0.4, -0.2) is 41.9 Å². The van der Waals surface area contributed by atoms with Crippen molar-refractivity contribution in [3.05, 3.63) is 77.6 Å². The number of pyridine rings is 2. The number of methoxy groups -OCH3 is 1. The summed E-state index contributed by atoms with van der Waals surface area (Å²) in [4.78, 5) is 23.6. The van der Waals surface area contributed by atoms with Crippen LogP contribution in [0.25, 0.3) is 22.0 Å². The molecule has 1 aliphatic carbocycles. The third-order valence-corrected chi connectivity index (χ3v) is 7.12. The minimum absolute atomic E-state index is 0.0873. The molecule has 0 atom stereocenters. The van der Waals surface area contributed by atoms with Crippen molar-refractivity contribution in [3.63, 3.8) is 0 Å². The average molecular weight is 550 g/mol. The first kappa shape index (κ1) is 27.2. The van der Waals surface area contributed by atoms with E-state index >= 15 is 0 Å². The molecule has 5 rings (SSSR count). The first-order valence-electron chi connectivity index (χ1n) is 12.9. The van der Waals surface area contributed by atoms with Gasteiger partial charge in [-0.3, -0.25) is 4.98 Å². The summed E-state index contributed by atoms with van der Waals surface area (Å²) in [6, 6.07) is 12.3. The molecule has 2 aromatic heterocycles. The summed E-state index contributed by atoms with van der Waals surface area (Å²) in [5, 5.41) is 5.71. The maximum Gasteiger partial charge on any atom is 0.319 e. The number of carbonyl (C=O) groups excluding carboxylic acids is 1. The second-order valence-electron chi connectivity index (χ2n) is 10.5. The Balaban J connectivity index is 1.37. The predicted octanol–water partition coefficient (Wildman–Crippen LogP) is 6.54. The second kappa shape index (κ2) is 10.7. The number of amides is 2. The van der Waals surface area contributed by atoms with Crippen molar-refractivity contribution < 1.29 is 22.7 Å². The fourth-order valence-corrected chi connectivity index (χ4v) is 4.99. The van der Waals surface area contributed by atoms with Crippen molar-refractivity contribution in [2.24, 2.45) is 0 Å². The number of anilines is 2. The number of nitrogens with one attached hydrogen (secondary N) is 2. The molecule has 0 bridgehead atoms. The van der Waals surface area contributed by atoms with Crippen LogP contribution in [0.15, 0.2) is 54.7 Å². The molecule has 2 aromatic carbocycles. The normalized spacial score (nSPS) is 18.2. The number of alkyl halides is 1. The van der Waals surface area contributed by atoms with Gasteiger partial charge < -0.3 is 20.3 Å². The molecular weight excluding hydrogens is 519 g/mol. The van der Waals surface area contributed by atoms with Crippen LogP contribution < -0.4 is 20.3 Å². The van der Waals surface area contributed by atoms with Crippen LogP contribution in [0, 0.1) is 18.6 Å². The van der Waals surface area contributed by atoms with Gasteiger partial charge in [-0.2, -0.15) is 0 Å². The minimum Gasteiger partial charge on any atom is -0.497 e. The highest BCUT2D eigenvalue weighted by atomic mass is 19.1. The zero-order valence-electron chi connectivity index (χ0n) is 22.7. The molecule has 0 radical (unpaired) electrons. The number of nitrogens with zero attached hydrogens (tertiary/aromatic N) is 3. The maximum atomic E-state index is 14.9. The van der Waals surface area contributed by atoms with Gasteiger partial charge in [-0.1, -0.05) is 12.1 Å². The number of carbonyl (C=O) groups is 1. The van der Waals surface area contributed by atoms with E-state index in [1.807, 2.05) is 42.3 Å². The molecule has 208 valence electrons. The molecule has 10 heteroatoms. The number of aromatic nitrogens is 2. The van der Waals surface area contributed by atoms with Gasteiger partial charge in [0, 0.05) is 73.0 Å². The lowest BCUT2D eigenvalue weighted by molar-refractivity contribution is 0.0534. The van der Waals surface area contributed by atoms with Crippen LogP contribution >= 0.6 is 0 Å². The summed E-state index contributed by atoms with van der Waals surface area (Å²) in [5.74, 6) is -0.205. The fourth-order valence-electron chi connectivity index (χ4n) is 4.99. The molecular formula is C30H30F3N5O2. The monoisotopic (exact) mass is 549 g/mol. The summed E-state index contributed by atoms with van der Waals surface area (Å²) in [6.45, 7) is 3.83. The van der Waals surface area contributed by atoms with Crippen LogP contribution in [0.4, 0.5) is 29.5 Å².